The number of aromatic nitrogens is 2. The molecule has 1 aliphatic rings. The molecule has 4 rings (SSSR count). The monoisotopic (exact) mass is 433 g/mol. The summed E-state index contributed by atoms with van der Waals surface area (Å²) in [7, 11) is 0. The molecule has 0 atom stereocenters. The van der Waals surface area contributed by atoms with E-state index < -0.39 is 0 Å². The van der Waals surface area contributed by atoms with Crippen LogP contribution < -0.4 is 5.32 Å². The second-order valence-electron chi connectivity index (χ2n) is 6.78. The van der Waals surface area contributed by atoms with Crippen LogP contribution in [0.4, 0.5) is 10.9 Å². The van der Waals surface area contributed by atoms with Crippen LogP contribution >= 0.6 is 35.5 Å². The van der Waals surface area contributed by atoms with Crippen molar-refractivity contribution in [1.82, 2.24) is 9.97 Å². The van der Waals surface area contributed by atoms with E-state index in [-0.39, 0.29) is 12.4 Å². The number of ether oxygens (including phenoxy) is 1. The van der Waals surface area contributed by atoms with Crippen LogP contribution in [-0.4, -0.2) is 23.2 Å². The maximum Gasteiger partial charge on any atom is 0.188 e. The van der Waals surface area contributed by atoms with Crippen LogP contribution in [-0.2, 0) is 11.2 Å². The summed E-state index contributed by atoms with van der Waals surface area (Å²) in [5.74, 6) is 1.56. The van der Waals surface area contributed by atoms with Gasteiger partial charge in [0, 0.05) is 29.7 Å². The standard InChI is InChI=1S/C21H23N3OS2.ClH/c1-15-14-26-21(23-15)24-20-19(27-18-5-3-2-4-6-18)12-17(13-22-20)11-16-7-9-25-10-8-16;/h2-6,12-14,16H,7-11H2,1H3,(H,22,23,24);1H. The van der Waals surface area contributed by atoms with Gasteiger partial charge in [0.05, 0.1) is 10.6 Å². The second kappa shape index (κ2) is 10.3. The lowest BCUT2D eigenvalue weighted by Gasteiger charge is -2.22. The fourth-order valence-corrected chi connectivity index (χ4v) is 4.83. The van der Waals surface area contributed by atoms with Crippen molar-refractivity contribution in [2.75, 3.05) is 18.5 Å². The van der Waals surface area contributed by atoms with Gasteiger partial charge in [0.2, 0.25) is 0 Å². The highest BCUT2D eigenvalue weighted by Crippen LogP contribution is 2.35. The first-order valence-corrected chi connectivity index (χ1v) is 10.9. The van der Waals surface area contributed by atoms with Gasteiger partial charge in [0.25, 0.3) is 0 Å². The number of anilines is 2. The number of nitrogens with zero attached hydrogens (tertiary/aromatic N) is 2. The summed E-state index contributed by atoms with van der Waals surface area (Å²) in [5, 5.41) is 6.33. The number of nitrogens with one attached hydrogen (secondary N) is 1. The summed E-state index contributed by atoms with van der Waals surface area (Å²) < 4.78 is 5.49. The van der Waals surface area contributed by atoms with Gasteiger partial charge in [-0.15, -0.1) is 23.7 Å². The predicted molar refractivity (Wildman–Crippen MR) is 119 cm³/mol. The molecule has 1 saturated heterocycles. The summed E-state index contributed by atoms with van der Waals surface area (Å²) in [4.78, 5) is 11.6. The molecule has 0 aliphatic carbocycles. The zero-order valence-electron chi connectivity index (χ0n) is 15.8. The molecule has 0 radical (unpaired) electrons. The topological polar surface area (TPSA) is 47.0 Å². The number of hydrogen-bond donors (Lipinski definition) is 1. The van der Waals surface area contributed by atoms with Crippen molar-refractivity contribution in [3.05, 3.63) is 59.2 Å². The molecular weight excluding hydrogens is 410 g/mol. The molecule has 148 valence electrons. The molecule has 4 nitrogen and oxygen atoms in total. The Balaban J connectivity index is 0.00000225. The maximum absolute atomic E-state index is 5.49. The van der Waals surface area contributed by atoms with E-state index in [1.807, 2.05) is 24.6 Å². The number of thiazole rings is 1. The molecule has 2 aromatic heterocycles. The molecule has 0 bridgehead atoms. The van der Waals surface area contributed by atoms with Gasteiger partial charge in [-0.25, -0.2) is 9.97 Å². The number of pyridine rings is 1. The summed E-state index contributed by atoms with van der Waals surface area (Å²) in [6.07, 6.45) is 5.35. The third kappa shape index (κ3) is 5.70. The molecule has 1 fully saturated rings. The van der Waals surface area contributed by atoms with Crippen molar-refractivity contribution >= 4 is 46.5 Å². The van der Waals surface area contributed by atoms with E-state index >= 15 is 0 Å². The third-order valence-electron chi connectivity index (χ3n) is 4.59. The number of aryl methyl sites for hydroxylation is 1. The number of benzene rings is 1. The van der Waals surface area contributed by atoms with Crippen LogP contribution in [0.3, 0.4) is 0 Å². The molecule has 0 spiro atoms. The maximum atomic E-state index is 5.49. The predicted octanol–water partition coefficient (Wildman–Crippen LogP) is 6.13. The van der Waals surface area contributed by atoms with Crippen molar-refractivity contribution in [1.29, 1.82) is 0 Å². The van der Waals surface area contributed by atoms with E-state index in [1.54, 1.807) is 23.1 Å². The fourth-order valence-electron chi connectivity index (χ4n) is 3.18. The Morgan fingerprint density at radius 2 is 2.00 bits per heavy atom. The first-order chi connectivity index (χ1) is 13.3. The highest BCUT2D eigenvalue weighted by molar-refractivity contribution is 7.99. The van der Waals surface area contributed by atoms with Gasteiger partial charge in [0.1, 0.15) is 5.82 Å². The highest BCUT2D eigenvalue weighted by Gasteiger charge is 2.16. The van der Waals surface area contributed by atoms with Gasteiger partial charge in [-0.1, -0.05) is 30.0 Å². The van der Waals surface area contributed by atoms with Crippen LogP contribution in [0, 0.1) is 12.8 Å². The molecule has 1 N–H and O–H groups in total. The van der Waals surface area contributed by atoms with Crippen molar-refractivity contribution in [2.24, 2.45) is 5.92 Å². The van der Waals surface area contributed by atoms with Gasteiger partial charge in [-0.2, -0.15) is 0 Å². The van der Waals surface area contributed by atoms with Crippen LogP contribution in [0.1, 0.15) is 24.1 Å². The van der Waals surface area contributed by atoms with Gasteiger partial charge < -0.3 is 10.1 Å². The Labute approximate surface area is 180 Å². The molecule has 28 heavy (non-hydrogen) atoms. The van der Waals surface area contributed by atoms with Crippen molar-refractivity contribution in [2.45, 2.75) is 36.0 Å². The molecule has 7 heteroatoms. The van der Waals surface area contributed by atoms with Gasteiger partial charge >= 0.3 is 0 Å². The normalized spacial score (nSPS) is 14.5. The van der Waals surface area contributed by atoms with Crippen LogP contribution in [0.2, 0.25) is 0 Å². The van der Waals surface area contributed by atoms with E-state index in [0.717, 1.165) is 54.0 Å². The molecule has 1 aliphatic heterocycles. The Hall–Kier alpha value is -1.60. The minimum Gasteiger partial charge on any atom is -0.381 e. The van der Waals surface area contributed by atoms with Gasteiger partial charge in [-0.3, -0.25) is 0 Å². The Morgan fingerprint density at radius 3 is 2.71 bits per heavy atom. The second-order valence-corrected chi connectivity index (χ2v) is 8.76. The quantitative estimate of drug-likeness (QED) is 0.506. The molecule has 0 amide bonds. The van der Waals surface area contributed by atoms with E-state index in [4.69, 9.17) is 9.72 Å². The molecule has 3 aromatic rings. The smallest absolute Gasteiger partial charge is 0.188 e. The first kappa shape index (κ1) is 21.1. The third-order valence-corrected chi connectivity index (χ3v) is 6.50. The van der Waals surface area contributed by atoms with Crippen LogP contribution in [0.5, 0.6) is 0 Å². The molecule has 0 saturated carbocycles. The largest absolute Gasteiger partial charge is 0.381 e. The zero-order valence-corrected chi connectivity index (χ0v) is 18.2. The molecule has 1 aromatic carbocycles. The van der Waals surface area contributed by atoms with E-state index in [1.165, 1.54) is 10.5 Å². The first-order valence-electron chi connectivity index (χ1n) is 9.25. The lowest BCUT2D eigenvalue weighted by atomic mass is 9.93. The summed E-state index contributed by atoms with van der Waals surface area (Å²) in [5.41, 5.74) is 2.32. The summed E-state index contributed by atoms with van der Waals surface area (Å²) in [6, 6.07) is 12.7. The molecular formula is C21H24ClN3OS2. The highest BCUT2D eigenvalue weighted by atomic mass is 35.5. The zero-order chi connectivity index (χ0) is 18.5. The number of hydrogen-bond acceptors (Lipinski definition) is 6. The average molecular weight is 434 g/mol. The van der Waals surface area contributed by atoms with Crippen molar-refractivity contribution < 1.29 is 4.74 Å². The minimum absolute atomic E-state index is 0. The lowest BCUT2D eigenvalue weighted by Crippen LogP contribution is -2.17. The summed E-state index contributed by atoms with van der Waals surface area (Å²) in [6.45, 7) is 3.77. The fraction of sp³-hybridized carbons (Fsp3) is 0.333. The summed E-state index contributed by atoms with van der Waals surface area (Å²) >= 11 is 3.35. The van der Waals surface area contributed by atoms with E-state index in [0.29, 0.717) is 5.92 Å². The average Bonchev–Trinajstić information content (AvgIpc) is 3.10. The Morgan fingerprint density at radius 1 is 1.21 bits per heavy atom. The van der Waals surface area contributed by atoms with Gasteiger partial charge in [-0.05, 0) is 55.9 Å². The SMILES string of the molecule is Cc1csc(Nc2ncc(CC3CCOCC3)cc2Sc2ccccc2)n1.Cl. The molecule has 0 unspecified atom stereocenters. The van der Waals surface area contributed by atoms with E-state index in [2.05, 4.69) is 40.6 Å². The van der Waals surface area contributed by atoms with Crippen LogP contribution in [0.25, 0.3) is 0 Å². The van der Waals surface area contributed by atoms with Crippen LogP contribution in [0.15, 0.2) is 57.8 Å². The number of rotatable bonds is 6. The van der Waals surface area contributed by atoms with E-state index in [9.17, 15) is 0 Å². The minimum atomic E-state index is 0. The Bertz CT molecular complexity index is 882. The Kier molecular flexibility index (Phi) is 7.73. The van der Waals surface area contributed by atoms with Crippen molar-refractivity contribution in [3.8, 4) is 0 Å². The molecule has 3 heterocycles. The van der Waals surface area contributed by atoms with Gasteiger partial charge in [0.15, 0.2) is 5.13 Å². The number of halogens is 1. The lowest BCUT2D eigenvalue weighted by molar-refractivity contribution is 0.0665. The van der Waals surface area contributed by atoms with Crippen molar-refractivity contribution in [3.63, 3.8) is 0 Å².